The summed E-state index contributed by atoms with van der Waals surface area (Å²) in [4.78, 5) is 0. The van der Waals surface area contributed by atoms with Crippen LogP contribution in [0, 0.1) is 0 Å². The van der Waals surface area contributed by atoms with Crippen LogP contribution in [-0.2, 0) is 13.3 Å². The topological polar surface area (TPSA) is 27.7 Å². The van der Waals surface area contributed by atoms with Gasteiger partial charge in [0.05, 0.1) is 0 Å². The highest BCUT2D eigenvalue weighted by Crippen LogP contribution is 2.15. The summed E-state index contributed by atoms with van der Waals surface area (Å²) in [6, 6.07) is 0. The fourth-order valence-electron chi connectivity index (χ4n) is 3.01. The molecule has 0 atom stereocenters. The van der Waals surface area contributed by atoms with Crippen LogP contribution in [0.5, 0.6) is 0 Å². The van der Waals surface area contributed by atoms with Crippen LogP contribution >= 0.6 is 0 Å². The SMILES string of the molecule is CCCCCCCO[Si](C)(OCCCCCCC)OCCCCCCC. The van der Waals surface area contributed by atoms with E-state index >= 15 is 0 Å². The average Bonchev–Trinajstić information content (AvgIpc) is 2.64. The molecule has 0 radical (unpaired) electrons. The van der Waals surface area contributed by atoms with Gasteiger partial charge in [0, 0.05) is 26.4 Å². The highest BCUT2D eigenvalue weighted by molar-refractivity contribution is 6.59. The third kappa shape index (κ3) is 17.5. The fraction of sp³-hybridized carbons (Fsp3) is 1.00. The van der Waals surface area contributed by atoms with Gasteiger partial charge in [-0.05, 0) is 19.3 Å². The maximum atomic E-state index is 6.16. The van der Waals surface area contributed by atoms with E-state index in [1.807, 2.05) is 0 Å². The molecule has 0 heterocycles. The predicted molar refractivity (Wildman–Crippen MR) is 116 cm³/mol. The molecule has 0 aliphatic heterocycles. The Morgan fingerprint density at radius 3 is 0.962 bits per heavy atom. The van der Waals surface area contributed by atoms with Crippen LogP contribution < -0.4 is 0 Å². The lowest BCUT2D eigenvalue weighted by Crippen LogP contribution is -2.43. The van der Waals surface area contributed by atoms with Crippen LogP contribution in [-0.4, -0.2) is 28.6 Å². The number of rotatable bonds is 21. The zero-order valence-electron chi connectivity index (χ0n) is 18.5. The highest BCUT2D eigenvalue weighted by Gasteiger charge is 2.34. The Kier molecular flexibility index (Phi) is 19.9. The second-order valence-corrected chi connectivity index (χ2v) is 10.2. The molecule has 4 heteroatoms. The van der Waals surface area contributed by atoms with E-state index in [-0.39, 0.29) is 0 Å². The van der Waals surface area contributed by atoms with Crippen molar-refractivity contribution < 1.29 is 13.3 Å². The summed E-state index contributed by atoms with van der Waals surface area (Å²) in [5, 5.41) is 0. The number of hydrogen-bond acceptors (Lipinski definition) is 3. The van der Waals surface area contributed by atoms with E-state index in [4.69, 9.17) is 13.3 Å². The van der Waals surface area contributed by atoms with Crippen LogP contribution in [0.15, 0.2) is 0 Å². The fourth-order valence-corrected chi connectivity index (χ4v) is 4.81. The van der Waals surface area contributed by atoms with Crippen molar-refractivity contribution in [2.24, 2.45) is 0 Å². The summed E-state index contributed by atoms with van der Waals surface area (Å²) in [6.45, 7) is 11.2. The van der Waals surface area contributed by atoms with Crippen molar-refractivity contribution in [3.63, 3.8) is 0 Å². The minimum absolute atomic E-state index is 0.790. The molecule has 0 unspecified atom stereocenters. The first-order valence-electron chi connectivity index (χ1n) is 11.6. The van der Waals surface area contributed by atoms with Gasteiger partial charge in [0.1, 0.15) is 0 Å². The summed E-state index contributed by atoms with van der Waals surface area (Å²) in [6.07, 6.45) is 18.9. The lowest BCUT2D eigenvalue weighted by atomic mass is 10.2. The van der Waals surface area contributed by atoms with Crippen LogP contribution in [0.2, 0.25) is 6.55 Å². The lowest BCUT2D eigenvalue weighted by molar-refractivity contribution is 0.0616. The van der Waals surface area contributed by atoms with Gasteiger partial charge >= 0.3 is 8.80 Å². The molecule has 3 nitrogen and oxygen atoms in total. The molecule has 0 aromatic rings. The molecule has 0 aromatic heterocycles. The van der Waals surface area contributed by atoms with Crippen LogP contribution in [0.25, 0.3) is 0 Å². The first-order valence-corrected chi connectivity index (χ1v) is 13.8. The van der Waals surface area contributed by atoms with Gasteiger partial charge in [-0.2, -0.15) is 0 Å². The van der Waals surface area contributed by atoms with Crippen molar-refractivity contribution in [3.8, 4) is 0 Å². The van der Waals surface area contributed by atoms with Crippen LogP contribution in [0.3, 0.4) is 0 Å². The van der Waals surface area contributed by atoms with Crippen molar-refractivity contribution in [1.82, 2.24) is 0 Å². The third-order valence-electron chi connectivity index (χ3n) is 4.84. The van der Waals surface area contributed by atoms with E-state index < -0.39 is 8.80 Å². The maximum Gasteiger partial charge on any atom is 0.497 e. The maximum absolute atomic E-state index is 6.16. The van der Waals surface area contributed by atoms with Crippen molar-refractivity contribution in [2.75, 3.05) is 19.8 Å². The van der Waals surface area contributed by atoms with Gasteiger partial charge < -0.3 is 13.3 Å². The smallest absolute Gasteiger partial charge is 0.374 e. The summed E-state index contributed by atoms with van der Waals surface area (Å²) >= 11 is 0. The normalized spacial score (nSPS) is 12.0. The Morgan fingerprint density at radius 2 is 0.692 bits per heavy atom. The standard InChI is InChI=1S/C22H48O3Si/c1-5-8-11-14-17-20-23-26(4,24-21-18-15-12-9-6-2)25-22-19-16-13-10-7-3/h5-22H2,1-4H3. The lowest BCUT2D eigenvalue weighted by Gasteiger charge is -2.26. The molecule has 0 N–H and O–H groups in total. The zero-order valence-corrected chi connectivity index (χ0v) is 19.5. The molecular weight excluding hydrogens is 340 g/mol. The minimum Gasteiger partial charge on any atom is -0.374 e. The summed E-state index contributed by atoms with van der Waals surface area (Å²) in [5.74, 6) is 0. The molecule has 0 amide bonds. The van der Waals surface area contributed by atoms with Crippen LogP contribution in [0.4, 0.5) is 0 Å². The second-order valence-electron chi connectivity index (χ2n) is 7.65. The van der Waals surface area contributed by atoms with Gasteiger partial charge in [0.15, 0.2) is 0 Å². The van der Waals surface area contributed by atoms with Gasteiger partial charge in [0.25, 0.3) is 0 Å². The first kappa shape index (κ1) is 26.1. The molecule has 0 saturated carbocycles. The number of hydrogen-bond donors (Lipinski definition) is 0. The molecule has 0 saturated heterocycles. The van der Waals surface area contributed by atoms with Crippen LogP contribution in [0.1, 0.15) is 117 Å². The Bertz CT molecular complexity index is 233. The van der Waals surface area contributed by atoms with Crippen molar-refractivity contribution in [3.05, 3.63) is 0 Å². The molecule has 158 valence electrons. The van der Waals surface area contributed by atoms with E-state index in [0.29, 0.717) is 0 Å². The van der Waals surface area contributed by atoms with Gasteiger partial charge in [-0.15, -0.1) is 0 Å². The molecular formula is C22H48O3Si. The minimum atomic E-state index is -2.45. The van der Waals surface area contributed by atoms with E-state index in [1.54, 1.807) is 0 Å². The van der Waals surface area contributed by atoms with Crippen molar-refractivity contribution in [1.29, 1.82) is 0 Å². The van der Waals surface area contributed by atoms with Crippen molar-refractivity contribution >= 4 is 8.80 Å². The predicted octanol–water partition coefficient (Wildman–Crippen LogP) is 7.52. The van der Waals surface area contributed by atoms with Gasteiger partial charge in [0.2, 0.25) is 0 Å². The second kappa shape index (κ2) is 19.8. The van der Waals surface area contributed by atoms with Gasteiger partial charge in [-0.3, -0.25) is 0 Å². The summed E-state index contributed by atoms with van der Waals surface area (Å²) in [5.41, 5.74) is 0. The third-order valence-corrected chi connectivity index (χ3v) is 7.02. The molecule has 26 heavy (non-hydrogen) atoms. The Labute approximate surface area is 165 Å². The Hall–Kier alpha value is 0.0969. The van der Waals surface area contributed by atoms with Crippen molar-refractivity contribution in [2.45, 2.75) is 124 Å². The van der Waals surface area contributed by atoms with E-state index in [9.17, 15) is 0 Å². The van der Waals surface area contributed by atoms with E-state index in [1.165, 1.54) is 77.0 Å². The molecule has 0 aliphatic carbocycles. The summed E-state index contributed by atoms with van der Waals surface area (Å²) < 4.78 is 18.5. The van der Waals surface area contributed by atoms with Gasteiger partial charge in [-0.25, -0.2) is 0 Å². The summed E-state index contributed by atoms with van der Waals surface area (Å²) in [7, 11) is -2.45. The zero-order chi connectivity index (χ0) is 19.3. The Morgan fingerprint density at radius 1 is 0.423 bits per heavy atom. The quantitative estimate of drug-likeness (QED) is 0.150. The largest absolute Gasteiger partial charge is 0.497 e. The highest BCUT2D eigenvalue weighted by atomic mass is 28.4. The average molecular weight is 389 g/mol. The molecule has 0 fully saturated rings. The molecule has 0 aromatic carbocycles. The van der Waals surface area contributed by atoms with E-state index in [2.05, 4.69) is 27.3 Å². The molecule has 0 bridgehead atoms. The number of unbranched alkanes of at least 4 members (excludes halogenated alkanes) is 12. The van der Waals surface area contributed by atoms with Gasteiger partial charge in [-0.1, -0.05) is 97.8 Å². The molecule has 0 rings (SSSR count). The van der Waals surface area contributed by atoms with E-state index in [0.717, 1.165) is 39.1 Å². The first-order chi connectivity index (χ1) is 12.7. The molecule has 0 aliphatic rings. The monoisotopic (exact) mass is 388 g/mol. The molecule has 0 spiro atoms. The Balaban J connectivity index is 4.02.